The summed E-state index contributed by atoms with van der Waals surface area (Å²) in [6.07, 6.45) is 8.52. The molecule has 4 atom stereocenters. The quantitative estimate of drug-likeness (QED) is 0.119. The standard InChI is InChI=1S/C30H58N4O5.ClH/c1-21(2)14-16-33-28(37)13-9-6-10-15-32-29(38)20-27(36)25(18-23-11-7-5-8-12-23)34-30(39)19-26(35)24(31)17-22(3)4;/h21-27,35-36H,5-20,31H2,1-4H3,(H,32,38)(H,33,37)(H,34,39);1H/t24-,25-,26-,27-;/m0./s1. The number of hydrogen-bond donors (Lipinski definition) is 6. The predicted molar refractivity (Wildman–Crippen MR) is 163 cm³/mol. The Hall–Kier alpha value is -1.42. The van der Waals surface area contributed by atoms with Crippen LogP contribution in [0, 0.1) is 17.8 Å². The molecule has 0 bridgehead atoms. The first kappa shape index (κ1) is 38.6. The number of amides is 3. The molecule has 1 fully saturated rings. The molecule has 10 heteroatoms. The molecule has 0 aromatic carbocycles. The highest BCUT2D eigenvalue weighted by molar-refractivity contribution is 5.85. The van der Waals surface area contributed by atoms with Crippen molar-refractivity contribution >= 4 is 30.1 Å². The van der Waals surface area contributed by atoms with E-state index in [1.807, 2.05) is 13.8 Å². The number of carbonyl (C=O) groups is 3. The van der Waals surface area contributed by atoms with E-state index in [2.05, 4.69) is 29.8 Å². The number of aliphatic hydroxyl groups is 2. The first-order chi connectivity index (χ1) is 18.5. The van der Waals surface area contributed by atoms with E-state index in [-0.39, 0.29) is 43.0 Å². The molecule has 40 heavy (non-hydrogen) atoms. The minimum Gasteiger partial charge on any atom is -0.391 e. The van der Waals surface area contributed by atoms with E-state index in [0.717, 1.165) is 51.4 Å². The van der Waals surface area contributed by atoms with Crippen LogP contribution in [0.4, 0.5) is 0 Å². The van der Waals surface area contributed by atoms with Crippen molar-refractivity contribution in [2.45, 2.75) is 142 Å². The van der Waals surface area contributed by atoms with Crippen molar-refractivity contribution in [3.05, 3.63) is 0 Å². The van der Waals surface area contributed by atoms with Crippen molar-refractivity contribution in [2.24, 2.45) is 23.5 Å². The summed E-state index contributed by atoms with van der Waals surface area (Å²) >= 11 is 0. The van der Waals surface area contributed by atoms with Gasteiger partial charge in [0.2, 0.25) is 17.7 Å². The molecule has 0 heterocycles. The minimum absolute atomic E-state index is 0. The smallest absolute Gasteiger partial charge is 0.222 e. The maximum atomic E-state index is 12.7. The van der Waals surface area contributed by atoms with Crippen molar-refractivity contribution in [3.8, 4) is 0 Å². The topological polar surface area (TPSA) is 154 Å². The van der Waals surface area contributed by atoms with Gasteiger partial charge in [0, 0.05) is 25.6 Å². The number of rotatable bonds is 20. The predicted octanol–water partition coefficient (Wildman–Crippen LogP) is 3.58. The maximum Gasteiger partial charge on any atom is 0.222 e. The molecule has 1 aliphatic carbocycles. The van der Waals surface area contributed by atoms with Crippen LogP contribution in [0.3, 0.4) is 0 Å². The van der Waals surface area contributed by atoms with E-state index in [9.17, 15) is 24.6 Å². The molecule has 0 aromatic rings. The lowest BCUT2D eigenvalue weighted by Crippen LogP contribution is -2.48. The van der Waals surface area contributed by atoms with Gasteiger partial charge in [-0.05, 0) is 49.9 Å². The Balaban J connectivity index is 0.0000152. The van der Waals surface area contributed by atoms with Gasteiger partial charge in [0.1, 0.15) is 0 Å². The average Bonchev–Trinajstić information content (AvgIpc) is 2.85. The molecule has 0 saturated heterocycles. The SMILES string of the molecule is CC(C)CCNC(=O)CCCCCNC(=O)C[C@H](O)[C@H](CC1CCCCC1)NC(=O)C[C@H](O)[C@@H](N)CC(C)C.Cl. The summed E-state index contributed by atoms with van der Waals surface area (Å²) in [7, 11) is 0. The van der Waals surface area contributed by atoms with Crippen LogP contribution in [0.5, 0.6) is 0 Å². The number of hydrogen-bond acceptors (Lipinski definition) is 6. The summed E-state index contributed by atoms with van der Waals surface area (Å²) in [6.45, 7) is 9.49. The summed E-state index contributed by atoms with van der Waals surface area (Å²) in [4.78, 5) is 37.1. The fourth-order valence-electron chi connectivity index (χ4n) is 5.21. The third kappa shape index (κ3) is 18.8. The van der Waals surface area contributed by atoms with Crippen molar-refractivity contribution < 1.29 is 24.6 Å². The van der Waals surface area contributed by atoms with Crippen LogP contribution in [-0.4, -0.2) is 65.3 Å². The van der Waals surface area contributed by atoms with Crippen LogP contribution in [-0.2, 0) is 14.4 Å². The molecule has 0 radical (unpaired) electrons. The molecule has 236 valence electrons. The summed E-state index contributed by atoms with van der Waals surface area (Å²) in [5.74, 6) is 0.751. The van der Waals surface area contributed by atoms with E-state index in [1.54, 1.807) is 0 Å². The molecule has 3 amide bonds. The Morgan fingerprint density at radius 3 is 2.05 bits per heavy atom. The second kappa shape index (κ2) is 22.2. The van der Waals surface area contributed by atoms with Crippen molar-refractivity contribution in [2.75, 3.05) is 13.1 Å². The largest absolute Gasteiger partial charge is 0.391 e. The minimum atomic E-state index is -1.01. The molecular formula is C30H59ClN4O5. The number of carbonyl (C=O) groups excluding carboxylic acids is 3. The Morgan fingerprint density at radius 2 is 1.43 bits per heavy atom. The zero-order valence-corrected chi connectivity index (χ0v) is 26.3. The first-order valence-corrected chi connectivity index (χ1v) is 15.4. The average molecular weight is 591 g/mol. The second-order valence-electron chi connectivity index (χ2n) is 12.4. The van der Waals surface area contributed by atoms with Gasteiger partial charge in [0.05, 0.1) is 31.1 Å². The van der Waals surface area contributed by atoms with Gasteiger partial charge in [0.15, 0.2) is 0 Å². The van der Waals surface area contributed by atoms with Crippen molar-refractivity contribution in [1.82, 2.24) is 16.0 Å². The third-order valence-electron chi connectivity index (χ3n) is 7.60. The van der Waals surface area contributed by atoms with Crippen LogP contribution in [0.15, 0.2) is 0 Å². The van der Waals surface area contributed by atoms with Crippen LogP contribution in [0.2, 0.25) is 0 Å². The highest BCUT2D eigenvalue weighted by Crippen LogP contribution is 2.28. The van der Waals surface area contributed by atoms with E-state index < -0.39 is 24.3 Å². The van der Waals surface area contributed by atoms with Gasteiger partial charge in [-0.2, -0.15) is 0 Å². The number of aliphatic hydroxyl groups excluding tert-OH is 2. The van der Waals surface area contributed by atoms with Gasteiger partial charge in [-0.25, -0.2) is 0 Å². The molecule has 0 aliphatic heterocycles. The Labute approximate surface area is 249 Å². The van der Waals surface area contributed by atoms with Crippen LogP contribution < -0.4 is 21.7 Å². The summed E-state index contributed by atoms with van der Waals surface area (Å²) in [5, 5.41) is 30.0. The van der Waals surface area contributed by atoms with Gasteiger partial charge >= 0.3 is 0 Å². The maximum absolute atomic E-state index is 12.7. The number of nitrogens with two attached hydrogens (primary N) is 1. The first-order valence-electron chi connectivity index (χ1n) is 15.4. The van der Waals surface area contributed by atoms with Crippen LogP contribution in [0.1, 0.15) is 118 Å². The summed E-state index contributed by atoms with van der Waals surface area (Å²) < 4.78 is 0. The molecule has 0 aromatic heterocycles. The molecule has 1 aliphatic rings. The highest BCUT2D eigenvalue weighted by Gasteiger charge is 2.29. The normalized spacial score (nSPS) is 17.0. The highest BCUT2D eigenvalue weighted by atomic mass is 35.5. The Bertz CT molecular complexity index is 704. The molecule has 1 saturated carbocycles. The van der Waals surface area contributed by atoms with Crippen LogP contribution >= 0.6 is 12.4 Å². The summed E-state index contributed by atoms with van der Waals surface area (Å²) in [6, 6.07) is -1.03. The van der Waals surface area contributed by atoms with Gasteiger partial charge in [-0.1, -0.05) is 66.2 Å². The van der Waals surface area contributed by atoms with Gasteiger partial charge in [0.25, 0.3) is 0 Å². The van der Waals surface area contributed by atoms with Gasteiger partial charge in [-0.15, -0.1) is 12.4 Å². The van der Waals surface area contributed by atoms with E-state index in [4.69, 9.17) is 5.73 Å². The lowest BCUT2D eigenvalue weighted by atomic mass is 9.83. The zero-order chi connectivity index (χ0) is 29.2. The Morgan fingerprint density at radius 1 is 0.800 bits per heavy atom. The van der Waals surface area contributed by atoms with E-state index >= 15 is 0 Å². The molecule has 9 nitrogen and oxygen atoms in total. The van der Waals surface area contributed by atoms with Crippen molar-refractivity contribution in [1.29, 1.82) is 0 Å². The molecule has 0 unspecified atom stereocenters. The molecule has 0 spiro atoms. The second-order valence-corrected chi connectivity index (χ2v) is 12.4. The number of nitrogens with one attached hydrogen (secondary N) is 3. The number of halogens is 1. The lowest BCUT2D eigenvalue weighted by molar-refractivity contribution is -0.128. The lowest BCUT2D eigenvalue weighted by Gasteiger charge is -2.30. The van der Waals surface area contributed by atoms with Gasteiger partial charge < -0.3 is 31.9 Å². The monoisotopic (exact) mass is 590 g/mol. The van der Waals surface area contributed by atoms with E-state index in [1.165, 1.54) is 6.42 Å². The fourth-order valence-corrected chi connectivity index (χ4v) is 5.21. The van der Waals surface area contributed by atoms with Crippen molar-refractivity contribution in [3.63, 3.8) is 0 Å². The fraction of sp³-hybridized carbons (Fsp3) is 0.900. The molecular weight excluding hydrogens is 532 g/mol. The molecule has 7 N–H and O–H groups in total. The summed E-state index contributed by atoms with van der Waals surface area (Å²) in [5.41, 5.74) is 6.04. The van der Waals surface area contributed by atoms with Gasteiger partial charge in [-0.3, -0.25) is 14.4 Å². The molecule has 1 rings (SSSR count). The van der Waals surface area contributed by atoms with Crippen LogP contribution in [0.25, 0.3) is 0 Å². The Kier molecular flexibility index (Phi) is 21.4. The third-order valence-corrected chi connectivity index (χ3v) is 7.60. The number of unbranched alkanes of at least 4 members (excludes halogenated alkanes) is 2. The van der Waals surface area contributed by atoms with E-state index in [0.29, 0.717) is 50.1 Å². The zero-order valence-electron chi connectivity index (χ0n) is 25.5.